The first-order valence-corrected chi connectivity index (χ1v) is 8.60. The standard InChI is InChI=1S/C11H10ClN5O3S2/c1-17-10-8(11(15-17)20-2)9(13-5-14-10)16-22(18,19)7-4-3-6(12)21-7/h3-5H,1-2H3,(H,13,14,16). The van der Waals surface area contributed by atoms with Crippen molar-refractivity contribution in [3.05, 3.63) is 22.8 Å². The molecule has 3 rings (SSSR count). The molecule has 0 amide bonds. The summed E-state index contributed by atoms with van der Waals surface area (Å²) >= 11 is 6.74. The Balaban J connectivity index is 2.11. The van der Waals surface area contributed by atoms with Gasteiger partial charge in [0.1, 0.15) is 15.9 Å². The zero-order valence-electron chi connectivity index (χ0n) is 11.4. The highest BCUT2D eigenvalue weighted by molar-refractivity contribution is 7.94. The zero-order valence-corrected chi connectivity index (χ0v) is 13.8. The van der Waals surface area contributed by atoms with Crippen LogP contribution in [0.3, 0.4) is 0 Å². The lowest BCUT2D eigenvalue weighted by molar-refractivity contribution is 0.396. The molecule has 0 atom stereocenters. The van der Waals surface area contributed by atoms with Crippen molar-refractivity contribution in [1.82, 2.24) is 19.7 Å². The van der Waals surface area contributed by atoms with E-state index in [1.54, 1.807) is 7.05 Å². The van der Waals surface area contributed by atoms with Crippen LogP contribution in [-0.2, 0) is 17.1 Å². The Morgan fingerprint density at radius 3 is 2.77 bits per heavy atom. The second-order valence-electron chi connectivity index (χ2n) is 4.22. The molecule has 0 aliphatic carbocycles. The number of sulfonamides is 1. The van der Waals surface area contributed by atoms with Crippen LogP contribution >= 0.6 is 22.9 Å². The van der Waals surface area contributed by atoms with Crippen LogP contribution in [0.2, 0.25) is 4.34 Å². The topological polar surface area (TPSA) is 99.0 Å². The first-order chi connectivity index (χ1) is 10.4. The molecule has 8 nitrogen and oxygen atoms in total. The molecule has 3 aromatic rings. The molecular weight excluding hydrogens is 350 g/mol. The van der Waals surface area contributed by atoms with Crippen molar-refractivity contribution in [2.75, 3.05) is 11.8 Å². The number of anilines is 1. The molecule has 0 spiro atoms. The third-order valence-corrected chi connectivity index (χ3v) is 5.89. The van der Waals surface area contributed by atoms with Gasteiger partial charge in [0.25, 0.3) is 10.0 Å². The van der Waals surface area contributed by atoms with Gasteiger partial charge in [-0.25, -0.2) is 23.1 Å². The Morgan fingerprint density at radius 1 is 1.36 bits per heavy atom. The van der Waals surface area contributed by atoms with Gasteiger partial charge in [-0.3, -0.25) is 4.72 Å². The number of nitrogens with one attached hydrogen (secondary N) is 1. The monoisotopic (exact) mass is 359 g/mol. The minimum absolute atomic E-state index is 0.0899. The van der Waals surface area contributed by atoms with Crippen molar-refractivity contribution in [2.24, 2.45) is 7.05 Å². The second kappa shape index (κ2) is 5.38. The van der Waals surface area contributed by atoms with E-state index >= 15 is 0 Å². The van der Waals surface area contributed by atoms with Crippen LogP contribution in [-0.4, -0.2) is 35.3 Å². The van der Waals surface area contributed by atoms with Crippen LogP contribution in [0.5, 0.6) is 5.88 Å². The van der Waals surface area contributed by atoms with E-state index in [9.17, 15) is 8.42 Å². The molecular formula is C11H10ClN5O3S2. The van der Waals surface area contributed by atoms with E-state index in [-0.39, 0.29) is 15.9 Å². The lowest BCUT2D eigenvalue weighted by Crippen LogP contribution is -2.13. The second-order valence-corrected chi connectivity index (χ2v) is 7.84. The van der Waals surface area contributed by atoms with Crippen LogP contribution in [0.25, 0.3) is 11.0 Å². The summed E-state index contributed by atoms with van der Waals surface area (Å²) in [6.07, 6.45) is 1.25. The summed E-state index contributed by atoms with van der Waals surface area (Å²) in [4.78, 5) is 8.06. The first kappa shape index (κ1) is 15.0. The normalized spacial score (nSPS) is 11.8. The minimum atomic E-state index is -3.80. The van der Waals surface area contributed by atoms with Gasteiger partial charge in [0.15, 0.2) is 11.5 Å². The third-order valence-electron chi connectivity index (χ3n) is 2.83. The van der Waals surface area contributed by atoms with Crippen molar-refractivity contribution in [3.8, 4) is 5.88 Å². The van der Waals surface area contributed by atoms with Gasteiger partial charge >= 0.3 is 0 Å². The number of nitrogens with zero attached hydrogens (tertiary/aromatic N) is 4. The first-order valence-electron chi connectivity index (χ1n) is 5.92. The number of hydrogen-bond donors (Lipinski definition) is 1. The molecule has 0 unspecified atom stereocenters. The number of rotatable bonds is 4. The molecule has 0 aliphatic heterocycles. The number of halogens is 1. The van der Waals surface area contributed by atoms with Gasteiger partial charge in [-0.15, -0.1) is 16.4 Å². The Kier molecular flexibility index (Phi) is 3.67. The van der Waals surface area contributed by atoms with E-state index < -0.39 is 10.0 Å². The molecule has 0 fully saturated rings. The Hall–Kier alpha value is -1.91. The van der Waals surface area contributed by atoms with Crippen molar-refractivity contribution in [1.29, 1.82) is 0 Å². The summed E-state index contributed by atoms with van der Waals surface area (Å²) in [5.41, 5.74) is 0.453. The van der Waals surface area contributed by atoms with E-state index in [1.165, 1.54) is 30.3 Å². The van der Waals surface area contributed by atoms with Gasteiger partial charge in [0.2, 0.25) is 5.88 Å². The van der Waals surface area contributed by atoms with Crippen LogP contribution in [0.4, 0.5) is 5.82 Å². The van der Waals surface area contributed by atoms with Crippen LogP contribution in [0.1, 0.15) is 0 Å². The zero-order chi connectivity index (χ0) is 15.9. The molecule has 116 valence electrons. The predicted octanol–water partition coefficient (Wildman–Crippen LogP) is 1.89. The molecule has 0 aromatic carbocycles. The minimum Gasteiger partial charge on any atom is -0.479 e. The summed E-state index contributed by atoms with van der Waals surface area (Å²) < 4.78 is 34.3. The number of aryl methyl sites for hydroxylation is 1. The molecule has 0 radical (unpaired) electrons. The van der Waals surface area contributed by atoms with Crippen LogP contribution < -0.4 is 9.46 Å². The number of hydrogen-bond acceptors (Lipinski definition) is 7. The van der Waals surface area contributed by atoms with Gasteiger partial charge in [-0.2, -0.15) is 0 Å². The van der Waals surface area contributed by atoms with E-state index in [2.05, 4.69) is 19.8 Å². The SMILES string of the molecule is COc1nn(C)c2ncnc(NS(=O)(=O)c3ccc(Cl)s3)c12. The fraction of sp³-hybridized carbons (Fsp3) is 0.182. The van der Waals surface area contributed by atoms with Crippen molar-refractivity contribution >= 4 is 49.8 Å². The third kappa shape index (κ3) is 2.49. The smallest absolute Gasteiger partial charge is 0.272 e. The molecule has 0 bridgehead atoms. The molecule has 22 heavy (non-hydrogen) atoms. The van der Waals surface area contributed by atoms with Crippen molar-refractivity contribution in [3.63, 3.8) is 0 Å². The fourth-order valence-electron chi connectivity index (χ4n) is 1.89. The number of fused-ring (bicyclic) bond motifs is 1. The lowest BCUT2D eigenvalue weighted by atomic mass is 10.4. The van der Waals surface area contributed by atoms with Gasteiger partial charge in [0, 0.05) is 7.05 Å². The molecule has 3 aromatic heterocycles. The largest absolute Gasteiger partial charge is 0.479 e. The van der Waals surface area contributed by atoms with E-state index in [1.807, 2.05) is 0 Å². The number of aromatic nitrogens is 4. The van der Waals surface area contributed by atoms with Gasteiger partial charge < -0.3 is 4.74 Å². The average molecular weight is 360 g/mol. The molecule has 1 N–H and O–H groups in total. The maximum absolute atomic E-state index is 12.4. The summed E-state index contributed by atoms with van der Waals surface area (Å²) in [6.45, 7) is 0. The quantitative estimate of drug-likeness (QED) is 0.763. The average Bonchev–Trinajstić information content (AvgIpc) is 3.04. The number of methoxy groups -OCH3 is 1. The van der Waals surface area contributed by atoms with E-state index in [4.69, 9.17) is 16.3 Å². The van der Waals surface area contributed by atoms with E-state index in [0.717, 1.165) is 11.3 Å². The fourth-order valence-corrected chi connectivity index (χ4v) is 4.40. The van der Waals surface area contributed by atoms with Gasteiger partial charge in [0.05, 0.1) is 11.4 Å². The maximum Gasteiger partial charge on any atom is 0.272 e. The van der Waals surface area contributed by atoms with Crippen LogP contribution in [0, 0.1) is 0 Å². The Morgan fingerprint density at radius 2 is 2.14 bits per heavy atom. The molecule has 0 saturated heterocycles. The highest BCUT2D eigenvalue weighted by atomic mass is 35.5. The lowest BCUT2D eigenvalue weighted by Gasteiger charge is -2.06. The van der Waals surface area contributed by atoms with Gasteiger partial charge in [-0.05, 0) is 12.1 Å². The summed E-state index contributed by atoms with van der Waals surface area (Å²) in [6, 6.07) is 2.94. The number of ether oxygens (including phenoxy) is 1. The molecule has 0 aliphatic rings. The summed E-state index contributed by atoms with van der Waals surface area (Å²) in [7, 11) is -0.686. The van der Waals surface area contributed by atoms with Crippen LogP contribution in [0.15, 0.2) is 22.7 Å². The number of thiophene rings is 1. The maximum atomic E-state index is 12.4. The highest BCUT2D eigenvalue weighted by Crippen LogP contribution is 2.31. The summed E-state index contributed by atoms with van der Waals surface area (Å²) in [5.74, 6) is 0.333. The van der Waals surface area contributed by atoms with Crippen molar-refractivity contribution < 1.29 is 13.2 Å². The summed E-state index contributed by atoms with van der Waals surface area (Å²) in [5, 5.41) is 4.50. The predicted molar refractivity (Wildman–Crippen MR) is 83.0 cm³/mol. The highest BCUT2D eigenvalue weighted by Gasteiger charge is 2.22. The molecule has 0 saturated carbocycles. The van der Waals surface area contributed by atoms with E-state index in [0.29, 0.717) is 15.4 Å². The van der Waals surface area contributed by atoms with Crippen molar-refractivity contribution in [2.45, 2.75) is 4.21 Å². The Bertz CT molecular complexity index is 950. The molecule has 3 heterocycles. The Labute approximate surface area is 134 Å². The molecule has 11 heteroatoms. The van der Waals surface area contributed by atoms with Gasteiger partial charge in [-0.1, -0.05) is 11.6 Å².